The molecule has 0 aromatic carbocycles. The van der Waals surface area contributed by atoms with Gasteiger partial charge in [0.15, 0.2) is 5.76 Å². The summed E-state index contributed by atoms with van der Waals surface area (Å²) in [6.07, 6.45) is 2.26. The van der Waals surface area contributed by atoms with Gasteiger partial charge in [-0.1, -0.05) is 0 Å². The lowest BCUT2D eigenvalue weighted by atomic mass is 9.93. The van der Waals surface area contributed by atoms with Crippen molar-refractivity contribution in [1.29, 1.82) is 0 Å². The predicted molar refractivity (Wildman–Crippen MR) is 79.8 cm³/mol. The van der Waals surface area contributed by atoms with E-state index in [4.69, 9.17) is 14.9 Å². The lowest BCUT2D eigenvalue weighted by Gasteiger charge is -2.13. The number of primary amides is 1. The molecule has 3 amide bonds. The van der Waals surface area contributed by atoms with Crippen molar-refractivity contribution in [3.63, 3.8) is 0 Å². The van der Waals surface area contributed by atoms with Gasteiger partial charge in [0.05, 0.1) is 12.3 Å². The summed E-state index contributed by atoms with van der Waals surface area (Å²) in [6.45, 7) is 2.64. The quantitative estimate of drug-likeness (QED) is 0.547. The van der Waals surface area contributed by atoms with Crippen LogP contribution in [-0.4, -0.2) is 37.9 Å². The fourth-order valence-corrected chi connectivity index (χ4v) is 2.47. The van der Waals surface area contributed by atoms with Crippen LogP contribution >= 0.6 is 0 Å². The zero-order valence-corrected chi connectivity index (χ0v) is 12.7. The number of ether oxygens (including phenoxy) is 1. The molecular weight excluding hydrogens is 288 g/mol. The van der Waals surface area contributed by atoms with E-state index >= 15 is 0 Å². The molecule has 0 bridgehead atoms. The Hall–Kier alpha value is -2.35. The first-order valence-corrected chi connectivity index (χ1v) is 7.06. The third-order valence-corrected chi connectivity index (χ3v) is 3.42. The van der Waals surface area contributed by atoms with Crippen LogP contribution < -0.4 is 16.5 Å². The Morgan fingerprint density at radius 3 is 2.86 bits per heavy atom. The summed E-state index contributed by atoms with van der Waals surface area (Å²) in [5.74, 6) is 0.701. The minimum atomic E-state index is -0.724. The Balaban J connectivity index is 2.25. The van der Waals surface area contributed by atoms with Crippen LogP contribution in [0.5, 0.6) is 0 Å². The van der Waals surface area contributed by atoms with Crippen molar-refractivity contribution in [2.45, 2.75) is 26.2 Å². The number of furan rings is 1. The number of nitrogens with one attached hydrogen (secondary N) is 2. The molecule has 1 heterocycles. The van der Waals surface area contributed by atoms with E-state index in [-0.39, 0.29) is 11.7 Å². The summed E-state index contributed by atoms with van der Waals surface area (Å²) in [6, 6.07) is -0.724. The van der Waals surface area contributed by atoms with Gasteiger partial charge >= 0.3 is 6.03 Å². The van der Waals surface area contributed by atoms with E-state index in [0.717, 1.165) is 24.0 Å². The number of carbonyl (C=O) groups excluding carboxylic acids is 2. The van der Waals surface area contributed by atoms with Crippen molar-refractivity contribution < 1.29 is 18.7 Å². The maximum Gasteiger partial charge on any atom is 0.332 e. The Bertz CT molecular complexity index is 606. The van der Waals surface area contributed by atoms with Gasteiger partial charge in [-0.15, -0.1) is 0 Å². The molecule has 22 heavy (non-hydrogen) atoms. The largest absolute Gasteiger partial charge is 0.455 e. The Kier molecular flexibility index (Phi) is 5.16. The van der Waals surface area contributed by atoms with Gasteiger partial charge in [-0.05, 0) is 19.8 Å². The standard InChI is InChI=1S/C14H20N4O4/c1-8-11-9(17-18-14(15)20)4-3-5-10(11)22-12(8)13(19)16-6-7-21-2/h3-7H2,1-2H3,(H,16,19)(H3,15,18,20)/b17-9+. The van der Waals surface area contributed by atoms with Crippen LogP contribution in [0, 0.1) is 6.92 Å². The Morgan fingerprint density at radius 1 is 1.41 bits per heavy atom. The summed E-state index contributed by atoms with van der Waals surface area (Å²) in [4.78, 5) is 22.9. The van der Waals surface area contributed by atoms with Crippen molar-refractivity contribution >= 4 is 17.6 Å². The highest BCUT2D eigenvalue weighted by Gasteiger charge is 2.27. The minimum Gasteiger partial charge on any atom is -0.455 e. The third kappa shape index (κ3) is 3.45. The molecule has 0 radical (unpaired) electrons. The number of nitrogens with two attached hydrogens (primary N) is 1. The second-order valence-corrected chi connectivity index (χ2v) is 4.99. The summed E-state index contributed by atoms with van der Waals surface area (Å²) in [5, 5.41) is 6.74. The van der Waals surface area contributed by atoms with Gasteiger partial charge in [0.1, 0.15) is 5.76 Å². The van der Waals surface area contributed by atoms with E-state index in [0.29, 0.717) is 31.0 Å². The summed E-state index contributed by atoms with van der Waals surface area (Å²) >= 11 is 0. The number of carbonyl (C=O) groups is 2. The summed E-state index contributed by atoms with van der Waals surface area (Å²) in [5.41, 5.74) is 9.45. The lowest BCUT2D eigenvalue weighted by Crippen LogP contribution is -2.27. The number of urea groups is 1. The predicted octanol–water partition coefficient (Wildman–Crippen LogP) is 0.673. The highest BCUT2D eigenvalue weighted by atomic mass is 16.5. The summed E-state index contributed by atoms with van der Waals surface area (Å²) < 4.78 is 10.6. The molecule has 1 aromatic rings. The SMILES string of the molecule is COCCNC(=O)c1oc2c(c1C)/C(=N/NC(N)=O)CCC2. The monoisotopic (exact) mass is 308 g/mol. The maximum atomic E-state index is 12.1. The average molecular weight is 308 g/mol. The number of fused-ring (bicyclic) bond motifs is 1. The normalized spacial score (nSPS) is 15.5. The maximum absolute atomic E-state index is 12.1. The first kappa shape index (κ1) is 16.0. The molecule has 0 atom stereocenters. The Morgan fingerprint density at radius 2 is 2.18 bits per heavy atom. The van der Waals surface area contributed by atoms with E-state index in [1.165, 1.54) is 0 Å². The second-order valence-electron chi connectivity index (χ2n) is 4.99. The molecular formula is C14H20N4O4. The van der Waals surface area contributed by atoms with Crippen LogP contribution in [0.2, 0.25) is 0 Å². The van der Waals surface area contributed by atoms with E-state index in [1.54, 1.807) is 14.0 Å². The number of rotatable bonds is 5. The number of methoxy groups -OCH3 is 1. The topological polar surface area (TPSA) is 119 Å². The Labute approximate surface area is 128 Å². The molecule has 1 aliphatic rings. The van der Waals surface area contributed by atoms with E-state index in [1.807, 2.05) is 0 Å². The van der Waals surface area contributed by atoms with Crippen LogP contribution in [0.25, 0.3) is 0 Å². The highest BCUT2D eigenvalue weighted by Crippen LogP contribution is 2.29. The van der Waals surface area contributed by atoms with Crippen molar-refractivity contribution in [2.75, 3.05) is 20.3 Å². The van der Waals surface area contributed by atoms with Gasteiger partial charge in [-0.3, -0.25) is 4.79 Å². The molecule has 4 N–H and O–H groups in total. The van der Waals surface area contributed by atoms with Gasteiger partial charge in [0.2, 0.25) is 0 Å². The molecule has 1 aromatic heterocycles. The first-order valence-electron chi connectivity index (χ1n) is 7.06. The van der Waals surface area contributed by atoms with Crippen molar-refractivity contribution in [1.82, 2.24) is 10.7 Å². The molecule has 8 heteroatoms. The zero-order valence-electron chi connectivity index (χ0n) is 12.7. The molecule has 0 aliphatic heterocycles. The third-order valence-electron chi connectivity index (χ3n) is 3.42. The van der Waals surface area contributed by atoms with Gasteiger partial charge in [-0.25, -0.2) is 10.2 Å². The van der Waals surface area contributed by atoms with Gasteiger partial charge < -0.3 is 20.2 Å². The molecule has 0 saturated carbocycles. The number of amides is 3. The lowest BCUT2D eigenvalue weighted by molar-refractivity contribution is 0.0907. The molecule has 0 saturated heterocycles. The van der Waals surface area contributed by atoms with Crippen molar-refractivity contribution in [2.24, 2.45) is 10.8 Å². The van der Waals surface area contributed by atoms with E-state index < -0.39 is 6.03 Å². The molecule has 0 unspecified atom stereocenters. The van der Waals surface area contributed by atoms with Gasteiger partial charge in [-0.2, -0.15) is 5.10 Å². The number of hydrogen-bond donors (Lipinski definition) is 3. The van der Waals surface area contributed by atoms with Gasteiger partial charge in [0.25, 0.3) is 5.91 Å². The van der Waals surface area contributed by atoms with Crippen LogP contribution in [-0.2, 0) is 11.2 Å². The van der Waals surface area contributed by atoms with Crippen LogP contribution in [0.1, 0.15) is 40.3 Å². The van der Waals surface area contributed by atoms with Crippen LogP contribution in [0.15, 0.2) is 9.52 Å². The molecule has 1 aliphatic carbocycles. The number of hydrazone groups is 1. The fourth-order valence-electron chi connectivity index (χ4n) is 2.47. The average Bonchev–Trinajstić information content (AvgIpc) is 2.83. The van der Waals surface area contributed by atoms with Crippen molar-refractivity contribution in [3.05, 3.63) is 22.6 Å². The molecule has 0 spiro atoms. The van der Waals surface area contributed by atoms with Crippen LogP contribution in [0.4, 0.5) is 4.79 Å². The highest BCUT2D eigenvalue weighted by molar-refractivity contribution is 6.06. The van der Waals surface area contributed by atoms with Gasteiger partial charge in [0, 0.05) is 31.2 Å². The number of nitrogens with zero attached hydrogens (tertiary/aromatic N) is 1. The molecule has 2 rings (SSSR count). The molecule has 120 valence electrons. The molecule has 0 fully saturated rings. The zero-order chi connectivity index (χ0) is 16.1. The first-order chi connectivity index (χ1) is 10.5. The van der Waals surface area contributed by atoms with Crippen LogP contribution in [0.3, 0.4) is 0 Å². The minimum absolute atomic E-state index is 0.273. The molecule has 8 nitrogen and oxygen atoms in total. The number of aryl methyl sites for hydroxylation is 1. The van der Waals surface area contributed by atoms with E-state index in [2.05, 4.69) is 15.8 Å². The second kappa shape index (κ2) is 7.08. The van der Waals surface area contributed by atoms with Crippen molar-refractivity contribution in [3.8, 4) is 0 Å². The fraction of sp³-hybridized carbons (Fsp3) is 0.500. The number of hydrogen-bond acceptors (Lipinski definition) is 5. The summed E-state index contributed by atoms with van der Waals surface area (Å²) in [7, 11) is 1.57. The smallest absolute Gasteiger partial charge is 0.332 e. The van der Waals surface area contributed by atoms with E-state index in [9.17, 15) is 9.59 Å².